The van der Waals surface area contributed by atoms with Gasteiger partial charge < -0.3 is 19.1 Å². The van der Waals surface area contributed by atoms with Gasteiger partial charge in [-0.25, -0.2) is 4.98 Å². The summed E-state index contributed by atoms with van der Waals surface area (Å²) in [5, 5.41) is 0. The van der Waals surface area contributed by atoms with E-state index in [2.05, 4.69) is 9.97 Å². The fourth-order valence-corrected chi connectivity index (χ4v) is 3.93. The molecule has 4 rings (SSSR count). The average molecular weight is 347 g/mol. The molecule has 0 aromatic carbocycles. The normalized spacial score (nSPS) is 29.8. The van der Waals surface area contributed by atoms with Crippen molar-refractivity contribution in [3.63, 3.8) is 0 Å². The lowest BCUT2D eigenvalue weighted by molar-refractivity contribution is -0.0252. The molecule has 0 aliphatic carbocycles. The van der Waals surface area contributed by atoms with E-state index in [-0.39, 0.29) is 24.0 Å². The smallest absolute Gasteiger partial charge is 0.274 e. The van der Waals surface area contributed by atoms with Crippen molar-refractivity contribution in [2.45, 2.75) is 31.9 Å². The van der Waals surface area contributed by atoms with Gasteiger partial charge in [-0.15, -0.1) is 0 Å². The van der Waals surface area contributed by atoms with Gasteiger partial charge in [0.05, 0.1) is 43.9 Å². The molecule has 25 heavy (non-hydrogen) atoms. The lowest BCUT2D eigenvalue weighted by Crippen LogP contribution is -2.38. The van der Waals surface area contributed by atoms with Gasteiger partial charge in [-0.1, -0.05) is 0 Å². The molecule has 0 radical (unpaired) electrons. The lowest BCUT2D eigenvalue weighted by atomic mass is 10.00. The number of carbonyl (C=O) groups excluding carboxylic acids is 1. The van der Waals surface area contributed by atoms with E-state index < -0.39 is 0 Å². The molecule has 7 nitrogen and oxygen atoms in total. The number of fused-ring (bicyclic) bond motifs is 1. The van der Waals surface area contributed by atoms with Gasteiger partial charge in [0, 0.05) is 31.9 Å². The van der Waals surface area contributed by atoms with E-state index >= 15 is 0 Å². The molecule has 0 saturated carbocycles. The molecular formula is C18H25N3O4. The Morgan fingerprint density at radius 2 is 2.08 bits per heavy atom. The molecule has 0 unspecified atom stereocenters. The summed E-state index contributed by atoms with van der Waals surface area (Å²) in [5.74, 6) is 0.731. The first-order valence-electron chi connectivity index (χ1n) is 9.09. The van der Waals surface area contributed by atoms with Gasteiger partial charge in [-0.3, -0.25) is 9.78 Å². The van der Waals surface area contributed by atoms with Crippen LogP contribution in [0.5, 0.6) is 0 Å². The molecule has 3 atom stereocenters. The second-order valence-corrected chi connectivity index (χ2v) is 7.20. The number of hydrogen-bond donors (Lipinski definition) is 0. The predicted molar refractivity (Wildman–Crippen MR) is 89.2 cm³/mol. The Bertz CT molecular complexity index is 603. The Hall–Kier alpha value is -1.57. The number of nitrogens with zero attached hydrogens (tertiary/aromatic N) is 3. The summed E-state index contributed by atoms with van der Waals surface area (Å²) in [6, 6.07) is 0.0790. The van der Waals surface area contributed by atoms with E-state index in [1.165, 1.54) is 0 Å². The van der Waals surface area contributed by atoms with Gasteiger partial charge in [0.1, 0.15) is 5.69 Å². The maximum absolute atomic E-state index is 12.8. The summed E-state index contributed by atoms with van der Waals surface area (Å²) in [6.45, 7) is 6.09. The van der Waals surface area contributed by atoms with Crippen LogP contribution in [-0.2, 0) is 14.2 Å². The van der Waals surface area contributed by atoms with Gasteiger partial charge >= 0.3 is 0 Å². The first-order chi connectivity index (χ1) is 12.2. The second-order valence-electron chi connectivity index (χ2n) is 7.20. The Morgan fingerprint density at radius 1 is 1.24 bits per heavy atom. The van der Waals surface area contributed by atoms with Crippen LogP contribution in [0.2, 0.25) is 0 Å². The highest BCUT2D eigenvalue weighted by molar-refractivity contribution is 5.92. The number of hydrogen-bond acceptors (Lipinski definition) is 6. The number of ether oxygens (including phenoxy) is 3. The minimum Gasteiger partial charge on any atom is -0.381 e. The molecular weight excluding hydrogens is 322 g/mol. The summed E-state index contributed by atoms with van der Waals surface area (Å²) in [4.78, 5) is 23.1. The van der Waals surface area contributed by atoms with Gasteiger partial charge in [0.2, 0.25) is 0 Å². The Balaban J connectivity index is 1.41. The van der Waals surface area contributed by atoms with Gasteiger partial charge in [0.15, 0.2) is 0 Å². The third-order valence-electron chi connectivity index (χ3n) is 5.50. The number of carbonyl (C=O) groups is 1. The standard InChI is InChI=1S/C18H25N3O4/c1-12-6-20-15(7-19-12)18(22)21-8-17(14-10-24-11-16(14)21)25-9-13-2-4-23-5-3-13/h6-7,13-14,16-17H,2-5,8-11H2,1H3/t14-,16+,17-/m0/s1. The highest BCUT2D eigenvalue weighted by Gasteiger charge is 2.48. The quantitative estimate of drug-likeness (QED) is 0.811. The average Bonchev–Trinajstić information content (AvgIpc) is 3.24. The number of rotatable bonds is 4. The first-order valence-corrected chi connectivity index (χ1v) is 9.09. The molecule has 0 N–H and O–H groups in total. The van der Waals surface area contributed by atoms with Crippen LogP contribution < -0.4 is 0 Å². The van der Waals surface area contributed by atoms with Crippen molar-refractivity contribution in [2.75, 3.05) is 39.6 Å². The second kappa shape index (κ2) is 7.35. The zero-order chi connectivity index (χ0) is 17.2. The molecule has 3 aliphatic rings. The zero-order valence-electron chi connectivity index (χ0n) is 14.6. The Kier molecular flexibility index (Phi) is 4.96. The van der Waals surface area contributed by atoms with Crippen LogP contribution in [-0.4, -0.2) is 72.5 Å². The molecule has 1 aromatic heterocycles. The topological polar surface area (TPSA) is 73.8 Å². The summed E-state index contributed by atoms with van der Waals surface area (Å²) >= 11 is 0. The molecule has 0 spiro atoms. The van der Waals surface area contributed by atoms with E-state index in [0.717, 1.165) is 38.4 Å². The molecule has 136 valence electrons. The zero-order valence-corrected chi connectivity index (χ0v) is 14.6. The molecule has 3 aliphatic heterocycles. The Labute approximate surface area is 147 Å². The predicted octanol–water partition coefficient (Wildman–Crippen LogP) is 1.07. The van der Waals surface area contributed by atoms with Crippen molar-refractivity contribution < 1.29 is 19.0 Å². The fraction of sp³-hybridized carbons (Fsp3) is 0.722. The Morgan fingerprint density at radius 3 is 2.84 bits per heavy atom. The van der Waals surface area contributed by atoms with Crippen LogP contribution in [0.1, 0.15) is 29.0 Å². The molecule has 3 saturated heterocycles. The molecule has 3 fully saturated rings. The molecule has 0 bridgehead atoms. The van der Waals surface area contributed by atoms with E-state index in [9.17, 15) is 4.79 Å². The number of likely N-dealkylation sites (tertiary alicyclic amines) is 1. The monoisotopic (exact) mass is 347 g/mol. The number of aryl methyl sites for hydroxylation is 1. The van der Waals surface area contributed by atoms with Crippen LogP contribution >= 0.6 is 0 Å². The summed E-state index contributed by atoms with van der Waals surface area (Å²) in [5.41, 5.74) is 1.19. The van der Waals surface area contributed by atoms with Crippen molar-refractivity contribution in [3.05, 3.63) is 23.8 Å². The van der Waals surface area contributed by atoms with Gasteiger partial charge in [-0.2, -0.15) is 0 Å². The van der Waals surface area contributed by atoms with Gasteiger partial charge in [0.25, 0.3) is 5.91 Å². The highest BCUT2D eigenvalue weighted by atomic mass is 16.5. The number of amides is 1. The van der Waals surface area contributed by atoms with Crippen molar-refractivity contribution in [1.82, 2.24) is 14.9 Å². The summed E-state index contributed by atoms with van der Waals surface area (Å²) in [7, 11) is 0. The SMILES string of the molecule is Cc1cnc(C(=O)N2C[C@H](OCC3CCOCC3)[C@H]3COC[C@H]32)cn1. The third kappa shape index (κ3) is 3.54. The van der Waals surface area contributed by atoms with Crippen LogP contribution in [0.15, 0.2) is 12.4 Å². The molecule has 1 amide bonds. The maximum atomic E-state index is 12.8. The highest BCUT2D eigenvalue weighted by Crippen LogP contribution is 2.33. The fourth-order valence-electron chi connectivity index (χ4n) is 3.93. The summed E-state index contributed by atoms with van der Waals surface area (Å²) in [6.07, 6.45) is 5.33. The molecule has 1 aromatic rings. The molecule has 4 heterocycles. The van der Waals surface area contributed by atoms with E-state index in [1.54, 1.807) is 12.4 Å². The van der Waals surface area contributed by atoms with Crippen molar-refractivity contribution in [2.24, 2.45) is 11.8 Å². The van der Waals surface area contributed by atoms with E-state index in [4.69, 9.17) is 14.2 Å². The number of aromatic nitrogens is 2. The van der Waals surface area contributed by atoms with Gasteiger partial charge in [-0.05, 0) is 25.7 Å². The summed E-state index contributed by atoms with van der Waals surface area (Å²) < 4.78 is 17.3. The van der Waals surface area contributed by atoms with Crippen molar-refractivity contribution >= 4 is 5.91 Å². The van der Waals surface area contributed by atoms with E-state index in [0.29, 0.717) is 31.4 Å². The van der Waals surface area contributed by atoms with Crippen LogP contribution in [0.4, 0.5) is 0 Å². The third-order valence-corrected chi connectivity index (χ3v) is 5.50. The van der Waals surface area contributed by atoms with Crippen LogP contribution in [0.3, 0.4) is 0 Å². The van der Waals surface area contributed by atoms with Crippen LogP contribution in [0.25, 0.3) is 0 Å². The van der Waals surface area contributed by atoms with Crippen molar-refractivity contribution in [1.29, 1.82) is 0 Å². The molecule has 7 heteroatoms. The lowest BCUT2D eigenvalue weighted by Gasteiger charge is -2.25. The van der Waals surface area contributed by atoms with Crippen LogP contribution in [0, 0.1) is 18.8 Å². The minimum atomic E-state index is -0.0785. The largest absolute Gasteiger partial charge is 0.381 e. The van der Waals surface area contributed by atoms with Crippen molar-refractivity contribution in [3.8, 4) is 0 Å². The first kappa shape index (κ1) is 16.9. The maximum Gasteiger partial charge on any atom is 0.274 e. The minimum absolute atomic E-state index is 0.0395. The van der Waals surface area contributed by atoms with E-state index in [1.807, 2.05) is 11.8 Å².